The number of carbonyl (C=O) groups is 1. The van der Waals surface area contributed by atoms with Gasteiger partial charge in [0.1, 0.15) is 4.21 Å². The van der Waals surface area contributed by atoms with Gasteiger partial charge in [-0.2, -0.15) is 0 Å². The van der Waals surface area contributed by atoms with Crippen LogP contribution in [-0.4, -0.2) is 19.5 Å². The Balaban J connectivity index is 1.77. The van der Waals surface area contributed by atoms with E-state index in [1.165, 1.54) is 19.2 Å². The van der Waals surface area contributed by atoms with E-state index in [1.807, 2.05) is 0 Å². The van der Waals surface area contributed by atoms with Gasteiger partial charge in [0.2, 0.25) is 5.91 Å². The molecule has 124 valence electrons. The molecule has 0 unspecified atom stereocenters. The molecule has 7 nitrogen and oxygen atoms in total. The zero-order valence-electron chi connectivity index (χ0n) is 12.5. The van der Waals surface area contributed by atoms with E-state index >= 15 is 0 Å². The van der Waals surface area contributed by atoms with Gasteiger partial charge in [-0.05, 0) is 30.3 Å². The van der Waals surface area contributed by atoms with E-state index in [9.17, 15) is 13.2 Å². The Bertz CT molecular complexity index is 945. The summed E-state index contributed by atoms with van der Waals surface area (Å²) in [5.41, 5.74) is 1.65. The normalized spacial score (nSPS) is 11.2. The lowest BCUT2D eigenvalue weighted by Gasteiger charge is -2.07. The van der Waals surface area contributed by atoms with E-state index in [2.05, 4.69) is 15.2 Å². The van der Waals surface area contributed by atoms with E-state index in [0.717, 1.165) is 11.3 Å². The van der Waals surface area contributed by atoms with Gasteiger partial charge in [0.15, 0.2) is 5.76 Å². The Morgan fingerprint density at radius 1 is 1.17 bits per heavy atom. The minimum Gasteiger partial charge on any atom is -0.356 e. The molecule has 0 atom stereocenters. The molecule has 0 spiro atoms. The molecule has 2 N–H and O–H groups in total. The molecule has 3 rings (SSSR count). The Hall–Kier alpha value is -2.65. The lowest BCUT2D eigenvalue weighted by atomic mass is 10.3. The maximum atomic E-state index is 12.4. The quantitative estimate of drug-likeness (QED) is 0.725. The first-order valence-corrected chi connectivity index (χ1v) is 9.20. The summed E-state index contributed by atoms with van der Waals surface area (Å²) in [6.07, 6.45) is 1.50. The summed E-state index contributed by atoms with van der Waals surface area (Å²) < 4.78 is 32.5. The van der Waals surface area contributed by atoms with Crippen molar-refractivity contribution in [3.8, 4) is 11.3 Å². The molecule has 9 heteroatoms. The zero-order chi connectivity index (χ0) is 17.2. The van der Waals surface area contributed by atoms with Crippen LogP contribution in [0.25, 0.3) is 11.3 Å². The van der Waals surface area contributed by atoms with Crippen LogP contribution in [0.1, 0.15) is 6.92 Å². The average molecular weight is 363 g/mol. The van der Waals surface area contributed by atoms with Crippen LogP contribution in [0.15, 0.2) is 56.7 Å². The predicted molar refractivity (Wildman–Crippen MR) is 91.4 cm³/mol. The first-order chi connectivity index (χ1) is 11.4. The fraction of sp³-hybridized carbons (Fsp3) is 0.0667. The van der Waals surface area contributed by atoms with Crippen molar-refractivity contribution in [3.05, 3.63) is 48.0 Å². The number of nitrogens with zero attached hydrogens (tertiary/aromatic N) is 1. The van der Waals surface area contributed by atoms with Gasteiger partial charge in [0.05, 0.1) is 6.20 Å². The van der Waals surface area contributed by atoms with Gasteiger partial charge in [0, 0.05) is 35.3 Å². The maximum absolute atomic E-state index is 12.4. The molecular formula is C15H13N3O4S2. The number of sulfonamides is 1. The van der Waals surface area contributed by atoms with Crippen molar-refractivity contribution in [3.63, 3.8) is 0 Å². The number of benzene rings is 1. The number of carbonyl (C=O) groups excluding carboxylic acids is 1. The molecule has 0 aliphatic heterocycles. The van der Waals surface area contributed by atoms with Crippen LogP contribution in [0.5, 0.6) is 0 Å². The molecule has 2 heterocycles. The maximum Gasteiger partial charge on any atom is 0.271 e. The van der Waals surface area contributed by atoms with Gasteiger partial charge in [0.25, 0.3) is 10.0 Å². The van der Waals surface area contributed by atoms with E-state index in [1.54, 1.807) is 35.7 Å². The highest BCUT2D eigenvalue weighted by Gasteiger charge is 2.18. The van der Waals surface area contributed by atoms with Gasteiger partial charge in [-0.3, -0.25) is 9.52 Å². The smallest absolute Gasteiger partial charge is 0.271 e. The summed E-state index contributed by atoms with van der Waals surface area (Å²) in [6.45, 7) is 1.40. The van der Waals surface area contributed by atoms with Crippen LogP contribution >= 0.6 is 11.3 Å². The van der Waals surface area contributed by atoms with Crippen LogP contribution in [-0.2, 0) is 14.8 Å². The highest BCUT2D eigenvalue weighted by atomic mass is 32.2. The van der Waals surface area contributed by atoms with Crippen LogP contribution in [0, 0.1) is 0 Å². The fourth-order valence-electron chi connectivity index (χ4n) is 1.98. The molecular weight excluding hydrogens is 350 g/mol. The summed E-state index contributed by atoms with van der Waals surface area (Å²) in [5.74, 6) is 0.314. The molecule has 2 aromatic heterocycles. The summed E-state index contributed by atoms with van der Waals surface area (Å²) >= 11 is 1.09. The van der Waals surface area contributed by atoms with Crippen molar-refractivity contribution in [2.24, 2.45) is 0 Å². The highest BCUT2D eigenvalue weighted by molar-refractivity contribution is 7.94. The molecule has 0 aliphatic rings. The number of hydrogen-bond acceptors (Lipinski definition) is 6. The molecule has 1 aromatic carbocycles. The molecule has 3 aromatic rings. The van der Waals surface area contributed by atoms with Crippen molar-refractivity contribution >= 4 is 38.6 Å². The Kier molecular flexibility index (Phi) is 4.36. The van der Waals surface area contributed by atoms with Crippen LogP contribution in [0.2, 0.25) is 0 Å². The van der Waals surface area contributed by atoms with Gasteiger partial charge in [-0.1, -0.05) is 5.16 Å². The molecule has 24 heavy (non-hydrogen) atoms. The van der Waals surface area contributed by atoms with Gasteiger partial charge in [-0.15, -0.1) is 11.3 Å². The van der Waals surface area contributed by atoms with Gasteiger partial charge < -0.3 is 9.84 Å². The first kappa shape index (κ1) is 16.2. The third kappa shape index (κ3) is 3.63. The number of rotatable bonds is 5. The number of nitrogens with one attached hydrogen (secondary N) is 2. The number of anilines is 2. The van der Waals surface area contributed by atoms with Gasteiger partial charge in [-0.25, -0.2) is 8.42 Å². The first-order valence-electron chi connectivity index (χ1n) is 6.84. The second kappa shape index (κ2) is 6.46. The molecule has 0 aliphatic carbocycles. The van der Waals surface area contributed by atoms with E-state index in [4.69, 9.17) is 4.52 Å². The third-order valence-corrected chi connectivity index (χ3v) is 5.84. The van der Waals surface area contributed by atoms with E-state index in [-0.39, 0.29) is 10.1 Å². The minimum absolute atomic E-state index is 0.167. The monoisotopic (exact) mass is 363 g/mol. The van der Waals surface area contributed by atoms with Crippen LogP contribution in [0.4, 0.5) is 11.4 Å². The third-order valence-electron chi connectivity index (χ3n) is 3.02. The molecule has 0 saturated heterocycles. The summed E-state index contributed by atoms with van der Waals surface area (Å²) in [4.78, 5) is 11.0. The Morgan fingerprint density at radius 2 is 1.88 bits per heavy atom. The molecule has 0 saturated carbocycles. The number of hydrogen-bond donors (Lipinski definition) is 2. The van der Waals surface area contributed by atoms with Crippen LogP contribution in [0.3, 0.4) is 0 Å². The molecule has 0 radical (unpaired) electrons. The second-order valence-electron chi connectivity index (χ2n) is 4.90. The number of amides is 1. The number of thiophene rings is 1. The van der Waals surface area contributed by atoms with E-state index < -0.39 is 10.0 Å². The minimum atomic E-state index is -3.70. The Labute approximate surface area is 142 Å². The molecule has 1 amide bonds. The average Bonchev–Trinajstić information content (AvgIpc) is 3.19. The summed E-state index contributed by atoms with van der Waals surface area (Å²) in [5, 5.41) is 7.91. The largest absolute Gasteiger partial charge is 0.356 e. The van der Waals surface area contributed by atoms with Gasteiger partial charge >= 0.3 is 0 Å². The molecule has 0 fully saturated rings. The van der Waals surface area contributed by atoms with Crippen molar-refractivity contribution in [2.45, 2.75) is 11.1 Å². The predicted octanol–water partition coefficient (Wildman–Crippen LogP) is 3.16. The summed E-state index contributed by atoms with van der Waals surface area (Å²) in [7, 11) is -3.70. The second-order valence-corrected chi connectivity index (χ2v) is 7.72. The SMILES string of the molecule is CC(=O)Nc1ccc(NS(=O)(=O)c2cc(-c3ccno3)cs2)cc1. The fourth-order valence-corrected chi connectivity index (χ4v) is 4.21. The lowest BCUT2D eigenvalue weighted by Crippen LogP contribution is -2.11. The Morgan fingerprint density at radius 3 is 2.50 bits per heavy atom. The lowest BCUT2D eigenvalue weighted by molar-refractivity contribution is -0.114. The summed E-state index contributed by atoms with van der Waals surface area (Å²) in [6, 6.07) is 9.58. The van der Waals surface area contributed by atoms with E-state index in [0.29, 0.717) is 22.7 Å². The standard InChI is InChI=1S/C15H13N3O4S2/c1-10(19)17-12-2-4-13(5-3-12)18-24(20,21)15-8-11(9-23-15)14-6-7-16-22-14/h2-9,18H,1H3,(H,17,19). The molecule has 0 bridgehead atoms. The zero-order valence-corrected chi connectivity index (χ0v) is 14.1. The van der Waals surface area contributed by atoms with Crippen molar-refractivity contribution in [2.75, 3.05) is 10.0 Å². The topological polar surface area (TPSA) is 101 Å². The van der Waals surface area contributed by atoms with Crippen molar-refractivity contribution in [1.29, 1.82) is 0 Å². The highest BCUT2D eigenvalue weighted by Crippen LogP contribution is 2.29. The van der Waals surface area contributed by atoms with Crippen molar-refractivity contribution < 1.29 is 17.7 Å². The van der Waals surface area contributed by atoms with Crippen molar-refractivity contribution in [1.82, 2.24) is 5.16 Å². The number of aromatic nitrogens is 1. The van der Waals surface area contributed by atoms with Crippen LogP contribution < -0.4 is 10.0 Å².